The molecule has 0 amide bonds. The smallest absolute Gasteiger partial charge is 0.0560 e. The Hall–Kier alpha value is -0.0800. The fraction of sp³-hybridized carbons (Fsp3) is 1.00. The van der Waals surface area contributed by atoms with E-state index >= 15 is 0 Å². The van der Waals surface area contributed by atoms with E-state index in [0.717, 1.165) is 19.1 Å². The van der Waals surface area contributed by atoms with Crippen molar-refractivity contribution in [3.8, 4) is 0 Å². The number of ether oxygens (including phenoxy) is 1. The molecule has 2 rings (SSSR count). The highest BCUT2D eigenvalue weighted by Gasteiger charge is 2.49. The van der Waals surface area contributed by atoms with Gasteiger partial charge in [0.25, 0.3) is 0 Å². The molecule has 0 aromatic heterocycles. The molecule has 0 radical (unpaired) electrons. The molecule has 0 bridgehead atoms. The van der Waals surface area contributed by atoms with E-state index in [1.807, 2.05) is 0 Å². The third-order valence-corrected chi connectivity index (χ3v) is 3.25. The molecule has 1 atom stereocenters. The first-order valence-electron chi connectivity index (χ1n) is 4.53. The van der Waals surface area contributed by atoms with E-state index in [0.29, 0.717) is 5.41 Å². The summed E-state index contributed by atoms with van der Waals surface area (Å²) in [5.74, 6) is 0.890. The Balaban J connectivity index is 2.07. The predicted molar refractivity (Wildman–Crippen MR) is 44.5 cm³/mol. The summed E-state index contributed by atoms with van der Waals surface area (Å²) >= 11 is 0. The Morgan fingerprint density at radius 1 is 1.55 bits per heavy atom. The van der Waals surface area contributed by atoms with Crippen molar-refractivity contribution in [1.29, 1.82) is 0 Å². The van der Waals surface area contributed by atoms with Crippen molar-refractivity contribution < 1.29 is 4.74 Å². The number of hydrogen-bond acceptors (Lipinski definition) is 2. The molecule has 0 aromatic rings. The molecule has 0 saturated carbocycles. The predicted octanol–water partition coefficient (Wildman–Crippen LogP) is 0.975. The van der Waals surface area contributed by atoms with Crippen LogP contribution in [0.4, 0.5) is 0 Å². The molecule has 0 N–H and O–H groups in total. The average Bonchev–Trinajstić information content (AvgIpc) is 2.25. The van der Waals surface area contributed by atoms with Gasteiger partial charge in [0.1, 0.15) is 0 Å². The van der Waals surface area contributed by atoms with Crippen molar-refractivity contribution in [2.45, 2.75) is 13.3 Å². The molecule has 0 aliphatic carbocycles. The van der Waals surface area contributed by atoms with Crippen molar-refractivity contribution in [3.63, 3.8) is 0 Å². The third-order valence-electron chi connectivity index (χ3n) is 3.25. The summed E-state index contributed by atoms with van der Waals surface area (Å²) in [4.78, 5) is 2.44. The van der Waals surface area contributed by atoms with Crippen molar-refractivity contribution >= 4 is 0 Å². The molecular weight excluding hydrogens is 138 g/mol. The highest BCUT2D eigenvalue weighted by Crippen LogP contribution is 2.43. The maximum absolute atomic E-state index is 5.31. The molecule has 11 heavy (non-hydrogen) atoms. The van der Waals surface area contributed by atoms with Gasteiger partial charge >= 0.3 is 0 Å². The summed E-state index contributed by atoms with van der Waals surface area (Å²) in [6.45, 7) is 6.85. The standard InChI is InChI=1S/C9H17NO/c1-3-8-4-10(2)5-9(8)6-11-7-9/h8H,3-7H2,1-2H3. The Bertz CT molecular complexity index is 154. The zero-order chi connectivity index (χ0) is 7.90. The van der Waals surface area contributed by atoms with Crippen LogP contribution in [-0.4, -0.2) is 38.3 Å². The lowest BCUT2D eigenvalue weighted by Gasteiger charge is -2.42. The second kappa shape index (κ2) is 2.46. The molecule has 1 spiro atoms. The minimum Gasteiger partial charge on any atom is -0.380 e. The average molecular weight is 155 g/mol. The lowest BCUT2D eigenvalue weighted by molar-refractivity contribution is -0.127. The van der Waals surface area contributed by atoms with Crippen LogP contribution in [0.1, 0.15) is 13.3 Å². The third kappa shape index (κ3) is 1.00. The minimum atomic E-state index is 0.559. The second-order valence-corrected chi connectivity index (χ2v) is 4.16. The van der Waals surface area contributed by atoms with Crippen LogP contribution >= 0.6 is 0 Å². The first kappa shape index (κ1) is 7.56. The van der Waals surface area contributed by atoms with Crippen LogP contribution in [0.15, 0.2) is 0 Å². The number of likely N-dealkylation sites (tertiary alicyclic amines) is 1. The first-order valence-corrected chi connectivity index (χ1v) is 4.53. The molecule has 2 nitrogen and oxygen atoms in total. The van der Waals surface area contributed by atoms with Crippen LogP contribution in [0.3, 0.4) is 0 Å². The molecule has 1 unspecified atom stereocenters. The van der Waals surface area contributed by atoms with Gasteiger partial charge in [0.15, 0.2) is 0 Å². The van der Waals surface area contributed by atoms with E-state index in [9.17, 15) is 0 Å². The minimum absolute atomic E-state index is 0.559. The topological polar surface area (TPSA) is 12.5 Å². The van der Waals surface area contributed by atoms with Gasteiger partial charge < -0.3 is 9.64 Å². The molecule has 2 saturated heterocycles. The largest absolute Gasteiger partial charge is 0.380 e. The Morgan fingerprint density at radius 3 is 2.64 bits per heavy atom. The van der Waals surface area contributed by atoms with Gasteiger partial charge in [-0.1, -0.05) is 13.3 Å². The van der Waals surface area contributed by atoms with Crippen LogP contribution in [0.5, 0.6) is 0 Å². The molecule has 2 heteroatoms. The van der Waals surface area contributed by atoms with Gasteiger partial charge in [0, 0.05) is 18.5 Å². The highest BCUT2D eigenvalue weighted by atomic mass is 16.5. The van der Waals surface area contributed by atoms with Crippen molar-refractivity contribution in [2.24, 2.45) is 11.3 Å². The van der Waals surface area contributed by atoms with Gasteiger partial charge in [0.05, 0.1) is 13.2 Å². The normalized spacial score (nSPS) is 36.0. The van der Waals surface area contributed by atoms with E-state index in [4.69, 9.17) is 4.74 Å². The van der Waals surface area contributed by atoms with E-state index in [1.54, 1.807) is 0 Å². The van der Waals surface area contributed by atoms with Crippen LogP contribution in [0.2, 0.25) is 0 Å². The molecule has 64 valence electrons. The molecule has 0 aromatic carbocycles. The zero-order valence-electron chi connectivity index (χ0n) is 7.47. The summed E-state index contributed by atoms with van der Waals surface area (Å²) in [5, 5.41) is 0. The quantitative estimate of drug-likeness (QED) is 0.559. The number of rotatable bonds is 1. The van der Waals surface area contributed by atoms with Crippen LogP contribution in [-0.2, 0) is 4.74 Å². The van der Waals surface area contributed by atoms with E-state index in [-0.39, 0.29) is 0 Å². The monoisotopic (exact) mass is 155 g/mol. The molecular formula is C9H17NO. The fourth-order valence-corrected chi connectivity index (χ4v) is 2.55. The molecule has 2 fully saturated rings. The Labute approximate surface area is 68.5 Å². The van der Waals surface area contributed by atoms with Crippen molar-refractivity contribution in [2.75, 3.05) is 33.4 Å². The van der Waals surface area contributed by atoms with E-state index < -0.39 is 0 Å². The highest BCUT2D eigenvalue weighted by molar-refractivity contribution is 4.99. The summed E-state index contributed by atoms with van der Waals surface area (Å²) in [6.07, 6.45) is 1.31. The summed E-state index contributed by atoms with van der Waals surface area (Å²) in [7, 11) is 2.22. The molecule has 2 heterocycles. The summed E-state index contributed by atoms with van der Waals surface area (Å²) in [6, 6.07) is 0. The van der Waals surface area contributed by atoms with Gasteiger partial charge in [-0.3, -0.25) is 0 Å². The summed E-state index contributed by atoms with van der Waals surface area (Å²) in [5.41, 5.74) is 0.559. The lowest BCUT2D eigenvalue weighted by Crippen LogP contribution is -2.48. The lowest BCUT2D eigenvalue weighted by atomic mass is 9.75. The van der Waals surface area contributed by atoms with Crippen molar-refractivity contribution in [3.05, 3.63) is 0 Å². The number of nitrogens with zero attached hydrogens (tertiary/aromatic N) is 1. The maximum Gasteiger partial charge on any atom is 0.0560 e. The van der Waals surface area contributed by atoms with Gasteiger partial charge in [-0.05, 0) is 13.0 Å². The van der Waals surface area contributed by atoms with Crippen LogP contribution in [0.25, 0.3) is 0 Å². The van der Waals surface area contributed by atoms with Crippen LogP contribution in [0, 0.1) is 11.3 Å². The van der Waals surface area contributed by atoms with Gasteiger partial charge in [0.2, 0.25) is 0 Å². The van der Waals surface area contributed by atoms with Crippen LogP contribution < -0.4 is 0 Å². The van der Waals surface area contributed by atoms with Gasteiger partial charge in [-0.25, -0.2) is 0 Å². The maximum atomic E-state index is 5.31. The van der Waals surface area contributed by atoms with Gasteiger partial charge in [-0.15, -0.1) is 0 Å². The van der Waals surface area contributed by atoms with E-state index in [1.165, 1.54) is 19.5 Å². The van der Waals surface area contributed by atoms with Gasteiger partial charge in [-0.2, -0.15) is 0 Å². The van der Waals surface area contributed by atoms with E-state index in [2.05, 4.69) is 18.9 Å². The first-order chi connectivity index (χ1) is 5.27. The second-order valence-electron chi connectivity index (χ2n) is 4.16. The number of hydrogen-bond donors (Lipinski definition) is 0. The molecule has 2 aliphatic heterocycles. The Morgan fingerprint density at radius 2 is 2.27 bits per heavy atom. The summed E-state index contributed by atoms with van der Waals surface area (Å²) < 4.78 is 5.31. The fourth-order valence-electron chi connectivity index (χ4n) is 2.55. The Kier molecular flexibility index (Phi) is 1.69. The zero-order valence-corrected chi connectivity index (χ0v) is 7.47. The van der Waals surface area contributed by atoms with Crippen molar-refractivity contribution in [1.82, 2.24) is 4.90 Å². The molecule has 2 aliphatic rings. The SMILES string of the molecule is CCC1CN(C)CC12COC2.